The molecule has 0 fully saturated rings. The highest BCUT2D eigenvalue weighted by molar-refractivity contribution is 5.88. The molecule has 0 radical (unpaired) electrons. The lowest BCUT2D eigenvalue weighted by Gasteiger charge is -2.25. The number of aromatic nitrogens is 2. The fourth-order valence-electron chi connectivity index (χ4n) is 2.54. The Morgan fingerprint density at radius 2 is 2.12 bits per heavy atom. The van der Waals surface area contributed by atoms with E-state index >= 15 is 0 Å². The van der Waals surface area contributed by atoms with Crippen molar-refractivity contribution >= 4 is 11.8 Å². The highest BCUT2D eigenvalue weighted by Crippen LogP contribution is 2.20. The third-order valence-corrected chi connectivity index (χ3v) is 4.22. The molecule has 0 bridgehead atoms. The number of benzene rings is 1. The third kappa shape index (κ3) is 4.07. The molecular formula is C18H26N4O2. The van der Waals surface area contributed by atoms with Crippen LogP contribution in [-0.2, 0) is 19.9 Å². The van der Waals surface area contributed by atoms with Gasteiger partial charge in [0.05, 0.1) is 12.8 Å². The number of anilines is 1. The Morgan fingerprint density at radius 1 is 1.42 bits per heavy atom. The quantitative estimate of drug-likeness (QED) is 0.885. The van der Waals surface area contributed by atoms with E-state index in [0.29, 0.717) is 5.82 Å². The molecule has 130 valence electrons. The van der Waals surface area contributed by atoms with Crippen molar-refractivity contribution in [3.63, 3.8) is 0 Å². The zero-order valence-corrected chi connectivity index (χ0v) is 15.0. The van der Waals surface area contributed by atoms with Crippen LogP contribution in [0.3, 0.4) is 0 Å². The van der Waals surface area contributed by atoms with Gasteiger partial charge >= 0.3 is 6.03 Å². The average Bonchev–Trinajstić information content (AvgIpc) is 2.94. The van der Waals surface area contributed by atoms with Gasteiger partial charge in [-0.2, -0.15) is 5.10 Å². The van der Waals surface area contributed by atoms with Gasteiger partial charge in [-0.15, -0.1) is 0 Å². The summed E-state index contributed by atoms with van der Waals surface area (Å²) < 4.78 is 7.07. The Hall–Kier alpha value is -2.50. The summed E-state index contributed by atoms with van der Waals surface area (Å²) in [6.07, 6.45) is 1.56. The van der Waals surface area contributed by atoms with Gasteiger partial charge in [-0.3, -0.25) is 10.00 Å². The zero-order valence-electron chi connectivity index (χ0n) is 15.0. The molecule has 0 saturated carbocycles. The Kier molecular flexibility index (Phi) is 5.84. The van der Waals surface area contributed by atoms with Crippen LogP contribution in [0.15, 0.2) is 30.3 Å². The van der Waals surface area contributed by atoms with Crippen molar-refractivity contribution in [2.45, 2.75) is 32.7 Å². The van der Waals surface area contributed by atoms with Crippen molar-refractivity contribution in [1.29, 1.82) is 0 Å². The fourth-order valence-corrected chi connectivity index (χ4v) is 2.54. The van der Waals surface area contributed by atoms with E-state index in [-0.39, 0.29) is 12.1 Å². The van der Waals surface area contributed by atoms with Gasteiger partial charge in [0.2, 0.25) is 0 Å². The van der Waals surface area contributed by atoms with E-state index in [2.05, 4.69) is 10.4 Å². The van der Waals surface area contributed by atoms with E-state index in [4.69, 9.17) is 4.74 Å². The molecule has 1 N–H and O–H groups in total. The summed E-state index contributed by atoms with van der Waals surface area (Å²) in [5.41, 5.74) is 2.04. The second kappa shape index (κ2) is 7.86. The van der Waals surface area contributed by atoms with Gasteiger partial charge in [-0.05, 0) is 31.4 Å². The number of ether oxygens (including phenoxy) is 1. The first-order valence-corrected chi connectivity index (χ1v) is 8.14. The number of hydrogen-bond acceptors (Lipinski definition) is 3. The van der Waals surface area contributed by atoms with Crippen LogP contribution in [0.1, 0.15) is 25.1 Å². The normalized spacial score (nSPS) is 11.9. The van der Waals surface area contributed by atoms with Crippen molar-refractivity contribution in [1.82, 2.24) is 14.7 Å². The highest BCUT2D eigenvalue weighted by Gasteiger charge is 2.19. The maximum atomic E-state index is 12.5. The predicted molar refractivity (Wildman–Crippen MR) is 95.5 cm³/mol. The van der Waals surface area contributed by atoms with E-state index in [9.17, 15) is 4.79 Å². The number of carbonyl (C=O) groups excluding carboxylic acids is 1. The van der Waals surface area contributed by atoms with Crippen LogP contribution in [-0.4, -0.2) is 40.9 Å². The van der Waals surface area contributed by atoms with E-state index in [1.807, 2.05) is 51.2 Å². The Bertz CT molecular complexity index is 696. The summed E-state index contributed by atoms with van der Waals surface area (Å²) in [6, 6.07) is 9.66. The van der Waals surface area contributed by atoms with Gasteiger partial charge in [-0.25, -0.2) is 4.79 Å². The first kappa shape index (κ1) is 17.8. The minimum absolute atomic E-state index is 0.0279. The number of para-hydroxylation sites is 1. The molecule has 24 heavy (non-hydrogen) atoms. The summed E-state index contributed by atoms with van der Waals surface area (Å²) in [7, 11) is 5.28. The maximum absolute atomic E-state index is 12.5. The Morgan fingerprint density at radius 3 is 2.75 bits per heavy atom. The van der Waals surface area contributed by atoms with Crippen LogP contribution in [0.4, 0.5) is 10.6 Å². The molecule has 0 unspecified atom stereocenters. The number of aryl methyl sites for hydroxylation is 2. The van der Waals surface area contributed by atoms with Crippen LogP contribution < -0.4 is 10.1 Å². The van der Waals surface area contributed by atoms with Crippen molar-refractivity contribution < 1.29 is 9.53 Å². The maximum Gasteiger partial charge on any atom is 0.322 e. The number of urea groups is 1. The first-order chi connectivity index (χ1) is 11.5. The SMILES string of the molecule is CCc1cc(NC(=O)N(C)[C@@H](C)Cc2ccccc2OC)n(C)n1. The number of nitrogens with zero attached hydrogens (tertiary/aromatic N) is 3. The minimum atomic E-state index is -0.150. The molecule has 1 heterocycles. The van der Waals surface area contributed by atoms with Gasteiger partial charge in [-0.1, -0.05) is 25.1 Å². The molecule has 1 atom stereocenters. The molecule has 1 aromatic heterocycles. The topological polar surface area (TPSA) is 59.4 Å². The Labute approximate surface area is 143 Å². The second-order valence-corrected chi connectivity index (χ2v) is 5.90. The lowest BCUT2D eigenvalue weighted by molar-refractivity contribution is 0.207. The number of methoxy groups -OCH3 is 1. The molecular weight excluding hydrogens is 304 g/mol. The smallest absolute Gasteiger partial charge is 0.322 e. The van der Waals surface area contributed by atoms with E-state index in [1.165, 1.54) is 0 Å². The van der Waals surface area contributed by atoms with Crippen molar-refractivity contribution in [2.75, 3.05) is 19.5 Å². The highest BCUT2D eigenvalue weighted by atomic mass is 16.5. The molecule has 2 aromatic rings. The standard InChI is InChI=1S/C18H26N4O2/c1-6-15-12-17(22(4)20-15)19-18(23)21(3)13(2)11-14-9-7-8-10-16(14)24-5/h7-10,12-13H,6,11H2,1-5H3,(H,19,23)/t13-/m0/s1. The molecule has 0 aliphatic heterocycles. The minimum Gasteiger partial charge on any atom is -0.496 e. The lowest BCUT2D eigenvalue weighted by atomic mass is 10.1. The third-order valence-electron chi connectivity index (χ3n) is 4.22. The van der Waals surface area contributed by atoms with Gasteiger partial charge < -0.3 is 9.64 Å². The molecule has 6 nitrogen and oxygen atoms in total. The molecule has 0 aliphatic carbocycles. The van der Waals surface area contributed by atoms with Gasteiger partial charge in [0, 0.05) is 26.2 Å². The van der Waals surface area contributed by atoms with Crippen LogP contribution in [0, 0.1) is 0 Å². The second-order valence-electron chi connectivity index (χ2n) is 5.90. The van der Waals surface area contributed by atoms with E-state index < -0.39 is 0 Å². The largest absolute Gasteiger partial charge is 0.496 e. The van der Waals surface area contributed by atoms with Crippen LogP contribution in [0.5, 0.6) is 5.75 Å². The first-order valence-electron chi connectivity index (χ1n) is 8.14. The summed E-state index contributed by atoms with van der Waals surface area (Å²) in [6.45, 7) is 4.06. The summed E-state index contributed by atoms with van der Waals surface area (Å²) >= 11 is 0. The molecule has 2 rings (SSSR count). The summed E-state index contributed by atoms with van der Waals surface area (Å²) in [5, 5.41) is 7.26. The molecule has 6 heteroatoms. The van der Waals surface area contributed by atoms with E-state index in [1.54, 1.807) is 23.7 Å². The Balaban J connectivity index is 2.02. The monoisotopic (exact) mass is 330 g/mol. The van der Waals surface area contributed by atoms with Crippen LogP contribution in [0.25, 0.3) is 0 Å². The van der Waals surface area contributed by atoms with Crippen molar-refractivity contribution in [3.05, 3.63) is 41.6 Å². The number of likely N-dealkylation sites (N-methyl/N-ethyl adjacent to an activating group) is 1. The molecule has 0 saturated heterocycles. The molecule has 2 amide bonds. The fraction of sp³-hybridized carbons (Fsp3) is 0.444. The number of rotatable bonds is 6. The van der Waals surface area contributed by atoms with Crippen molar-refractivity contribution in [2.24, 2.45) is 7.05 Å². The zero-order chi connectivity index (χ0) is 17.7. The van der Waals surface area contributed by atoms with Gasteiger partial charge in [0.1, 0.15) is 11.6 Å². The van der Waals surface area contributed by atoms with E-state index in [0.717, 1.165) is 29.8 Å². The van der Waals surface area contributed by atoms with Gasteiger partial charge in [0.15, 0.2) is 0 Å². The predicted octanol–water partition coefficient (Wildman–Crippen LogP) is 3.09. The number of amides is 2. The van der Waals surface area contributed by atoms with Crippen LogP contribution in [0.2, 0.25) is 0 Å². The molecule has 0 spiro atoms. The lowest BCUT2D eigenvalue weighted by Crippen LogP contribution is -2.39. The van der Waals surface area contributed by atoms with Crippen LogP contribution >= 0.6 is 0 Å². The number of nitrogens with one attached hydrogen (secondary N) is 1. The molecule has 0 aliphatic rings. The average molecular weight is 330 g/mol. The molecule has 1 aromatic carbocycles. The van der Waals surface area contributed by atoms with Gasteiger partial charge in [0.25, 0.3) is 0 Å². The summed E-state index contributed by atoms with van der Waals surface area (Å²) in [4.78, 5) is 14.2. The number of carbonyl (C=O) groups is 1. The van der Waals surface area contributed by atoms with Crippen molar-refractivity contribution in [3.8, 4) is 5.75 Å². The number of hydrogen-bond donors (Lipinski definition) is 1. The summed E-state index contributed by atoms with van der Waals surface area (Å²) in [5.74, 6) is 1.55.